The summed E-state index contributed by atoms with van der Waals surface area (Å²) in [7, 11) is 1.38. The van der Waals surface area contributed by atoms with Gasteiger partial charge in [-0.3, -0.25) is 9.59 Å². The summed E-state index contributed by atoms with van der Waals surface area (Å²) in [6.45, 7) is 1.75. The van der Waals surface area contributed by atoms with Gasteiger partial charge in [0.2, 0.25) is 11.8 Å². The van der Waals surface area contributed by atoms with Gasteiger partial charge in [-0.15, -0.1) is 0 Å². The third-order valence-corrected chi connectivity index (χ3v) is 4.38. The zero-order valence-corrected chi connectivity index (χ0v) is 14.1. The minimum absolute atomic E-state index is 0.318. The van der Waals surface area contributed by atoms with Crippen molar-refractivity contribution in [2.45, 2.75) is 19.4 Å². The fourth-order valence-corrected chi connectivity index (χ4v) is 2.98. The van der Waals surface area contributed by atoms with Crippen molar-refractivity contribution in [3.63, 3.8) is 0 Å². The van der Waals surface area contributed by atoms with Gasteiger partial charge in [-0.1, -0.05) is 23.2 Å². The molecule has 2 atom stereocenters. The van der Waals surface area contributed by atoms with Crippen molar-refractivity contribution in [1.82, 2.24) is 4.90 Å². The first kappa shape index (κ1) is 17.6. The van der Waals surface area contributed by atoms with Gasteiger partial charge in [-0.2, -0.15) is 0 Å². The van der Waals surface area contributed by atoms with E-state index in [9.17, 15) is 14.4 Å². The molecule has 1 saturated heterocycles. The highest BCUT2D eigenvalue weighted by Crippen LogP contribution is 2.31. The van der Waals surface area contributed by atoms with Gasteiger partial charge in [0, 0.05) is 29.3 Å². The van der Waals surface area contributed by atoms with Crippen LogP contribution in [0.3, 0.4) is 0 Å². The van der Waals surface area contributed by atoms with Crippen LogP contribution >= 0.6 is 23.2 Å². The Morgan fingerprint density at radius 1 is 1.30 bits per heavy atom. The largest absolute Gasteiger partial charge is 0.480 e. The van der Waals surface area contributed by atoms with Crippen molar-refractivity contribution in [3.05, 3.63) is 28.2 Å². The lowest BCUT2D eigenvalue weighted by Crippen LogP contribution is -2.45. The van der Waals surface area contributed by atoms with E-state index in [2.05, 4.69) is 0 Å². The zero-order chi connectivity index (χ0) is 17.3. The number of carboxylic acids is 1. The average Bonchev–Trinajstić information content (AvgIpc) is 2.85. The zero-order valence-electron chi connectivity index (χ0n) is 12.6. The molecule has 23 heavy (non-hydrogen) atoms. The van der Waals surface area contributed by atoms with E-state index in [1.807, 2.05) is 0 Å². The van der Waals surface area contributed by atoms with E-state index in [1.54, 1.807) is 18.2 Å². The highest BCUT2D eigenvalue weighted by Gasteiger charge is 2.40. The Bertz CT molecular complexity index is 645. The van der Waals surface area contributed by atoms with Crippen molar-refractivity contribution >= 4 is 46.7 Å². The van der Waals surface area contributed by atoms with Gasteiger partial charge >= 0.3 is 5.97 Å². The molecule has 0 radical (unpaired) electrons. The Balaban J connectivity index is 2.18. The van der Waals surface area contributed by atoms with Crippen LogP contribution in [-0.4, -0.2) is 47.4 Å². The third-order valence-electron chi connectivity index (χ3n) is 3.95. The maximum atomic E-state index is 12.5. The molecule has 1 aliphatic heterocycles. The lowest BCUT2D eigenvalue weighted by atomic mass is 10.1. The fourth-order valence-electron chi connectivity index (χ4n) is 2.46. The predicted molar refractivity (Wildman–Crippen MR) is 86.8 cm³/mol. The highest BCUT2D eigenvalue weighted by atomic mass is 35.5. The van der Waals surface area contributed by atoms with E-state index in [1.165, 1.54) is 18.9 Å². The Morgan fingerprint density at radius 3 is 2.39 bits per heavy atom. The molecular formula is C15H16Cl2N2O4. The summed E-state index contributed by atoms with van der Waals surface area (Å²) in [6, 6.07) is 3.76. The summed E-state index contributed by atoms with van der Waals surface area (Å²) in [5.41, 5.74) is 0.525. The molecule has 8 heteroatoms. The molecule has 1 aliphatic rings. The number of likely N-dealkylation sites (N-methyl/N-ethyl adjacent to an activating group) is 1. The highest BCUT2D eigenvalue weighted by molar-refractivity contribution is 6.35. The summed E-state index contributed by atoms with van der Waals surface area (Å²) in [6.07, 6.45) is 0.318. The number of anilines is 1. The lowest BCUT2D eigenvalue weighted by Gasteiger charge is -2.24. The predicted octanol–water partition coefficient (Wildman–Crippen LogP) is 2.28. The molecule has 2 amide bonds. The van der Waals surface area contributed by atoms with Crippen LogP contribution in [0.1, 0.15) is 13.3 Å². The van der Waals surface area contributed by atoms with E-state index >= 15 is 0 Å². The second-order valence-corrected chi connectivity index (χ2v) is 6.30. The summed E-state index contributed by atoms with van der Waals surface area (Å²) in [5.74, 6) is -2.89. The average molecular weight is 359 g/mol. The van der Waals surface area contributed by atoms with Crippen LogP contribution in [0.4, 0.5) is 5.69 Å². The maximum absolute atomic E-state index is 12.5. The first-order chi connectivity index (χ1) is 10.7. The number of carbonyl (C=O) groups is 3. The number of halogens is 2. The van der Waals surface area contributed by atoms with Crippen molar-refractivity contribution in [1.29, 1.82) is 0 Å². The number of carbonyl (C=O) groups excluding carboxylic acids is 2. The Hall–Kier alpha value is -1.79. The first-order valence-electron chi connectivity index (χ1n) is 6.99. The molecule has 0 bridgehead atoms. The van der Waals surface area contributed by atoms with Crippen molar-refractivity contribution in [2.75, 3.05) is 18.5 Å². The molecule has 124 valence electrons. The third kappa shape index (κ3) is 3.59. The second-order valence-electron chi connectivity index (χ2n) is 5.42. The summed E-state index contributed by atoms with van der Waals surface area (Å²) >= 11 is 11.9. The number of hydrogen-bond donors (Lipinski definition) is 1. The lowest BCUT2D eigenvalue weighted by molar-refractivity contribution is -0.151. The molecule has 0 unspecified atom stereocenters. The molecule has 1 aromatic rings. The minimum Gasteiger partial charge on any atom is -0.480 e. The Kier molecular flexibility index (Phi) is 5.16. The summed E-state index contributed by atoms with van der Waals surface area (Å²) < 4.78 is 0. The van der Waals surface area contributed by atoms with Gasteiger partial charge in [0.25, 0.3) is 0 Å². The van der Waals surface area contributed by atoms with Crippen LogP contribution in [0.2, 0.25) is 10.0 Å². The number of aliphatic carboxylic acids is 1. The SMILES string of the molecule is C[C@H](C(=O)O)N(C)C(=O)[C@H]1CCN(c2cc(Cl)cc(Cl)c2)C1=O. The Labute approximate surface area is 143 Å². The molecule has 1 aromatic carbocycles. The van der Waals surface area contributed by atoms with Gasteiger partial charge in [-0.25, -0.2) is 4.79 Å². The standard InChI is InChI=1S/C15H16Cl2N2O4/c1-8(15(22)23)18(2)13(20)12-3-4-19(14(12)21)11-6-9(16)5-10(17)7-11/h5-8,12H,3-4H2,1-2H3,(H,22,23)/t8-,12-/m1/s1. The molecule has 1 fully saturated rings. The molecule has 1 N–H and O–H groups in total. The van der Waals surface area contributed by atoms with E-state index < -0.39 is 23.8 Å². The number of nitrogens with zero attached hydrogens (tertiary/aromatic N) is 2. The summed E-state index contributed by atoms with van der Waals surface area (Å²) in [5, 5.41) is 9.77. The van der Waals surface area contributed by atoms with Gasteiger partial charge in [0.05, 0.1) is 0 Å². The van der Waals surface area contributed by atoms with Crippen molar-refractivity contribution in [3.8, 4) is 0 Å². The molecule has 0 spiro atoms. The number of benzene rings is 1. The summed E-state index contributed by atoms with van der Waals surface area (Å²) in [4.78, 5) is 38.4. The van der Waals surface area contributed by atoms with Gasteiger partial charge < -0.3 is 14.9 Å². The normalized spacial score (nSPS) is 18.9. The minimum atomic E-state index is -1.12. The number of amides is 2. The van der Waals surface area contributed by atoms with Crippen molar-refractivity contribution in [2.24, 2.45) is 5.92 Å². The molecular weight excluding hydrogens is 343 g/mol. The van der Waals surface area contributed by atoms with Crippen LogP contribution in [0.25, 0.3) is 0 Å². The van der Waals surface area contributed by atoms with Gasteiger partial charge in [-0.05, 0) is 31.5 Å². The molecule has 6 nitrogen and oxygen atoms in total. The van der Waals surface area contributed by atoms with E-state index in [0.29, 0.717) is 28.7 Å². The number of carboxylic acid groups (broad SMARTS) is 1. The van der Waals surface area contributed by atoms with Crippen LogP contribution in [0.15, 0.2) is 18.2 Å². The molecule has 0 saturated carbocycles. The van der Waals surface area contributed by atoms with Crippen LogP contribution < -0.4 is 4.90 Å². The van der Waals surface area contributed by atoms with Crippen LogP contribution in [0, 0.1) is 5.92 Å². The van der Waals surface area contributed by atoms with E-state index in [4.69, 9.17) is 28.3 Å². The van der Waals surface area contributed by atoms with Gasteiger partial charge in [0.1, 0.15) is 12.0 Å². The maximum Gasteiger partial charge on any atom is 0.326 e. The van der Waals surface area contributed by atoms with E-state index in [0.717, 1.165) is 4.90 Å². The molecule has 0 aromatic heterocycles. The Morgan fingerprint density at radius 2 is 1.87 bits per heavy atom. The van der Waals surface area contributed by atoms with Crippen molar-refractivity contribution < 1.29 is 19.5 Å². The number of hydrogen-bond acceptors (Lipinski definition) is 3. The smallest absolute Gasteiger partial charge is 0.326 e. The quantitative estimate of drug-likeness (QED) is 0.837. The molecule has 0 aliphatic carbocycles. The van der Waals surface area contributed by atoms with Crippen LogP contribution in [0.5, 0.6) is 0 Å². The fraction of sp³-hybridized carbons (Fsp3) is 0.400. The topological polar surface area (TPSA) is 77.9 Å². The first-order valence-corrected chi connectivity index (χ1v) is 7.75. The second kappa shape index (κ2) is 6.76. The van der Waals surface area contributed by atoms with Crippen LogP contribution in [-0.2, 0) is 14.4 Å². The number of rotatable bonds is 4. The monoisotopic (exact) mass is 358 g/mol. The van der Waals surface area contributed by atoms with E-state index in [-0.39, 0.29) is 5.91 Å². The molecule has 1 heterocycles. The molecule has 2 rings (SSSR count). The van der Waals surface area contributed by atoms with Gasteiger partial charge in [0.15, 0.2) is 0 Å².